The van der Waals surface area contributed by atoms with Crippen LogP contribution in [0.15, 0.2) is 12.1 Å². The first kappa shape index (κ1) is 14.5. The molecule has 2 rings (SSSR count). The van der Waals surface area contributed by atoms with E-state index in [4.69, 9.17) is 0 Å². The minimum atomic E-state index is 0.438. The molecule has 0 bridgehead atoms. The maximum absolute atomic E-state index is 3.72. The Morgan fingerprint density at radius 1 is 1.21 bits per heavy atom. The second kappa shape index (κ2) is 6.06. The van der Waals surface area contributed by atoms with Gasteiger partial charge in [0.05, 0.1) is 0 Å². The van der Waals surface area contributed by atoms with Crippen molar-refractivity contribution in [1.82, 2.24) is 10.2 Å². The van der Waals surface area contributed by atoms with Crippen LogP contribution in [-0.2, 0) is 0 Å². The summed E-state index contributed by atoms with van der Waals surface area (Å²) in [5.41, 5.74) is 5.64. The lowest BCUT2D eigenvalue weighted by Gasteiger charge is -2.24. The Balaban J connectivity index is 1.99. The van der Waals surface area contributed by atoms with E-state index in [0.717, 1.165) is 6.54 Å². The fourth-order valence-electron chi connectivity index (χ4n) is 3.11. The normalized spacial score (nSPS) is 21.8. The fraction of sp³-hybridized carbons (Fsp3) is 0.647. The average molecular weight is 260 g/mol. The number of aryl methyl sites for hydroxylation is 3. The van der Waals surface area contributed by atoms with Gasteiger partial charge in [-0.2, -0.15) is 0 Å². The zero-order chi connectivity index (χ0) is 14.0. The van der Waals surface area contributed by atoms with Gasteiger partial charge in [-0.1, -0.05) is 12.1 Å². The van der Waals surface area contributed by atoms with Crippen LogP contribution >= 0.6 is 0 Å². The van der Waals surface area contributed by atoms with Crippen molar-refractivity contribution in [1.29, 1.82) is 0 Å². The van der Waals surface area contributed by atoms with E-state index >= 15 is 0 Å². The lowest BCUT2D eigenvalue weighted by Crippen LogP contribution is -2.36. The molecule has 0 aliphatic carbocycles. The molecule has 1 heterocycles. The van der Waals surface area contributed by atoms with Gasteiger partial charge < -0.3 is 10.2 Å². The van der Waals surface area contributed by atoms with Gasteiger partial charge in [0.1, 0.15) is 0 Å². The van der Waals surface area contributed by atoms with E-state index in [0.29, 0.717) is 12.1 Å². The van der Waals surface area contributed by atoms with Gasteiger partial charge in [0.25, 0.3) is 0 Å². The molecule has 2 nitrogen and oxygen atoms in total. The Morgan fingerprint density at radius 3 is 2.53 bits per heavy atom. The van der Waals surface area contributed by atoms with Crippen LogP contribution in [0, 0.1) is 20.8 Å². The third-order valence-corrected chi connectivity index (χ3v) is 4.68. The van der Waals surface area contributed by atoms with E-state index < -0.39 is 0 Å². The number of nitrogens with zero attached hydrogens (tertiary/aromatic N) is 1. The van der Waals surface area contributed by atoms with Crippen molar-refractivity contribution in [2.24, 2.45) is 0 Å². The molecule has 2 unspecified atom stereocenters. The Hall–Kier alpha value is -0.860. The van der Waals surface area contributed by atoms with Gasteiger partial charge in [0.15, 0.2) is 0 Å². The molecule has 0 saturated carbocycles. The second-order valence-corrected chi connectivity index (χ2v) is 6.20. The molecule has 19 heavy (non-hydrogen) atoms. The van der Waals surface area contributed by atoms with Crippen molar-refractivity contribution in [2.45, 2.75) is 52.6 Å². The zero-order valence-electron chi connectivity index (χ0n) is 13.1. The van der Waals surface area contributed by atoms with Crippen molar-refractivity contribution in [2.75, 3.05) is 20.1 Å². The summed E-state index contributed by atoms with van der Waals surface area (Å²) in [5.74, 6) is 0. The molecule has 0 radical (unpaired) electrons. The number of hydrogen-bond donors (Lipinski definition) is 1. The molecule has 2 atom stereocenters. The van der Waals surface area contributed by atoms with Gasteiger partial charge in [0.2, 0.25) is 0 Å². The predicted molar refractivity (Wildman–Crippen MR) is 82.7 cm³/mol. The monoisotopic (exact) mass is 260 g/mol. The topological polar surface area (TPSA) is 15.3 Å². The average Bonchev–Trinajstić information content (AvgIpc) is 2.76. The molecule has 1 aliphatic rings. The summed E-state index contributed by atoms with van der Waals surface area (Å²) in [7, 11) is 2.24. The van der Waals surface area contributed by atoms with E-state index in [9.17, 15) is 0 Å². The summed E-state index contributed by atoms with van der Waals surface area (Å²) < 4.78 is 0. The Labute approximate surface area is 118 Å². The number of hydrogen-bond acceptors (Lipinski definition) is 2. The number of benzene rings is 1. The van der Waals surface area contributed by atoms with E-state index in [-0.39, 0.29) is 0 Å². The van der Waals surface area contributed by atoms with E-state index in [1.807, 2.05) is 0 Å². The van der Waals surface area contributed by atoms with E-state index in [2.05, 4.69) is 57.1 Å². The Morgan fingerprint density at radius 2 is 1.89 bits per heavy atom. The lowest BCUT2D eigenvalue weighted by atomic mass is 9.96. The van der Waals surface area contributed by atoms with Crippen LogP contribution in [0.4, 0.5) is 0 Å². The molecule has 1 saturated heterocycles. The van der Waals surface area contributed by atoms with Crippen molar-refractivity contribution in [3.05, 3.63) is 34.4 Å². The summed E-state index contributed by atoms with van der Waals surface area (Å²) in [6.45, 7) is 11.3. The Bertz CT molecular complexity index is 439. The molecular formula is C17H28N2. The smallest absolute Gasteiger partial charge is 0.0295 e. The number of nitrogens with one attached hydrogen (secondary N) is 1. The third kappa shape index (κ3) is 3.37. The van der Waals surface area contributed by atoms with Gasteiger partial charge >= 0.3 is 0 Å². The van der Waals surface area contributed by atoms with Crippen molar-refractivity contribution < 1.29 is 0 Å². The minimum absolute atomic E-state index is 0.438. The van der Waals surface area contributed by atoms with Crippen LogP contribution in [0.2, 0.25) is 0 Å². The first-order valence-corrected chi connectivity index (χ1v) is 7.50. The maximum atomic E-state index is 3.72. The van der Waals surface area contributed by atoms with E-state index in [1.165, 1.54) is 41.6 Å². The van der Waals surface area contributed by atoms with Gasteiger partial charge in [-0.25, -0.2) is 0 Å². The van der Waals surface area contributed by atoms with Gasteiger partial charge in [0, 0.05) is 18.6 Å². The Kier molecular flexibility index (Phi) is 4.64. The molecule has 1 aromatic carbocycles. The third-order valence-electron chi connectivity index (χ3n) is 4.68. The largest absolute Gasteiger partial charge is 0.309 e. The summed E-state index contributed by atoms with van der Waals surface area (Å²) in [5, 5.41) is 3.72. The van der Waals surface area contributed by atoms with Gasteiger partial charge in [-0.3, -0.25) is 0 Å². The molecule has 0 aromatic heterocycles. The molecule has 106 valence electrons. The lowest BCUT2D eigenvalue weighted by molar-refractivity contribution is 0.293. The number of likely N-dealkylation sites (tertiary alicyclic amines) is 1. The summed E-state index contributed by atoms with van der Waals surface area (Å²) in [6.07, 6.45) is 2.68. The van der Waals surface area contributed by atoms with Crippen LogP contribution in [0.1, 0.15) is 48.1 Å². The first-order valence-electron chi connectivity index (χ1n) is 7.50. The zero-order valence-corrected chi connectivity index (χ0v) is 13.1. The van der Waals surface area contributed by atoms with Crippen LogP contribution in [-0.4, -0.2) is 31.1 Å². The predicted octanol–water partition coefficient (Wildman–Crippen LogP) is 3.36. The first-order chi connectivity index (χ1) is 8.99. The van der Waals surface area contributed by atoms with Gasteiger partial charge in [-0.15, -0.1) is 0 Å². The van der Waals surface area contributed by atoms with Crippen LogP contribution < -0.4 is 5.32 Å². The highest BCUT2D eigenvalue weighted by Gasteiger charge is 2.21. The van der Waals surface area contributed by atoms with Crippen molar-refractivity contribution in [3.8, 4) is 0 Å². The highest BCUT2D eigenvalue weighted by Crippen LogP contribution is 2.22. The summed E-state index contributed by atoms with van der Waals surface area (Å²) >= 11 is 0. The minimum Gasteiger partial charge on any atom is -0.309 e. The molecule has 2 heteroatoms. The standard InChI is InChI=1S/C17H28N2/c1-12-9-14(3)17(10-13(12)2)15(4)18-11-16-7-6-8-19(16)5/h9-10,15-16,18H,6-8,11H2,1-5H3. The van der Waals surface area contributed by atoms with E-state index in [1.54, 1.807) is 0 Å². The van der Waals surface area contributed by atoms with Crippen LogP contribution in [0.5, 0.6) is 0 Å². The second-order valence-electron chi connectivity index (χ2n) is 6.20. The molecule has 0 spiro atoms. The van der Waals surface area contributed by atoms with Gasteiger partial charge in [-0.05, 0) is 76.4 Å². The summed E-state index contributed by atoms with van der Waals surface area (Å²) in [4.78, 5) is 2.48. The highest BCUT2D eigenvalue weighted by atomic mass is 15.2. The molecule has 1 aromatic rings. The SMILES string of the molecule is Cc1cc(C)c(C(C)NCC2CCCN2C)cc1C. The number of rotatable bonds is 4. The molecule has 1 N–H and O–H groups in total. The van der Waals surface area contributed by atoms with Crippen LogP contribution in [0.3, 0.4) is 0 Å². The molecular weight excluding hydrogens is 232 g/mol. The van der Waals surface area contributed by atoms with Crippen molar-refractivity contribution >= 4 is 0 Å². The fourth-order valence-corrected chi connectivity index (χ4v) is 3.11. The molecule has 0 amide bonds. The maximum Gasteiger partial charge on any atom is 0.0295 e. The quantitative estimate of drug-likeness (QED) is 0.893. The van der Waals surface area contributed by atoms with Crippen molar-refractivity contribution in [3.63, 3.8) is 0 Å². The van der Waals surface area contributed by atoms with Crippen LogP contribution in [0.25, 0.3) is 0 Å². The number of likely N-dealkylation sites (N-methyl/N-ethyl adjacent to an activating group) is 1. The molecule has 1 fully saturated rings. The highest BCUT2D eigenvalue weighted by molar-refractivity contribution is 5.38. The summed E-state index contributed by atoms with van der Waals surface area (Å²) in [6, 6.07) is 5.81. The molecule has 1 aliphatic heterocycles.